The minimum absolute atomic E-state index is 0.231. The van der Waals surface area contributed by atoms with Crippen LogP contribution in [0, 0.1) is 0 Å². The average Bonchev–Trinajstić information content (AvgIpc) is 3.55. The van der Waals surface area contributed by atoms with Crippen molar-refractivity contribution in [3.05, 3.63) is 145 Å². The second-order valence-corrected chi connectivity index (χ2v) is 12.1. The Morgan fingerprint density at radius 2 is 1.32 bits per heavy atom. The monoisotopic (exact) mass is 564 g/mol. The van der Waals surface area contributed by atoms with Gasteiger partial charge in [-0.3, -0.25) is 9.55 Å². The predicted octanol–water partition coefficient (Wildman–Crippen LogP) is 9.76. The van der Waals surface area contributed by atoms with Gasteiger partial charge in [0.1, 0.15) is 5.82 Å². The maximum Gasteiger partial charge on any atom is 0.162 e. The van der Waals surface area contributed by atoms with Crippen molar-refractivity contribution in [2.24, 2.45) is 0 Å². The third kappa shape index (κ3) is 3.42. The van der Waals surface area contributed by atoms with E-state index in [1.54, 1.807) is 0 Å². The first kappa shape index (κ1) is 24.9. The molecule has 8 aromatic rings. The second kappa shape index (κ2) is 9.19. The van der Waals surface area contributed by atoms with Crippen molar-refractivity contribution in [2.45, 2.75) is 19.3 Å². The highest BCUT2D eigenvalue weighted by atomic mass is 15.1. The fourth-order valence-electron chi connectivity index (χ4n) is 7.35. The van der Waals surface area contributed by atoms with Crippen molar-refractivity contribution < 1.29 is 0 Å². The van der Waals surface area contributed by atoms with Crippen LogP contribution in [0.15, 0.2) is 134 Å². The topological polar surface area (TPSA) is 43.6 Å². The molecule has 4 nitrogen and oxygen atoms in total. The van der Waals surface area contributed by atoms with Gasteiger partial charge in [-0.2, -0.15) is 0 Å². The summed E-state index contributed by atoms with van der Waals surface area (Å²) >= 11 is 0. The Morgan fingerprint density at radius 3 is 2.11 bits per heavy atom. The Labute approximate surface area is 255 Å². The summed E-state index contributed by atoms with van der Waals surface area (Å²) in [5.41, 5.74) is 10.2. The molecule has 0 aliphatic heterocycles. The van der Waals surface area contributed by atoms with Crippen molar-refractivity contribution >= 4 is 32.6 Å². The second-order valence-electron chi connectivity index (χ2n) is 12.1. The zero-order valence-corrected chi connectivity index (χ0v) is 24.5. The van der Waals surface area contributed by atoms with Crippen molar-refractivity contribution in [3.8, 4) is 39.6 Å². The van der Waals surface area contributed by atoms with E-state index < -0.39 is 0 Å². The van der Waals surface area contributed by atoms with E-state index in [0.717, 1.165) is 33.5 Å². The Bertz CT molecular complexity index is 2350. The first-order valence-corrected chi connectivity index (χ1v) is 15.0. The van der Waals surface area contributed by atoms with Crippen LogP contribution in [0.2, 0.25) is 0 Å². The molecule has 44 heavy (non-hydrogen) atoms. The number of aromatic nitrogens is 4. The summed E-state index contributed by atoms with van der Waals surface area (Å²) in [4.78, 5) is 15.0. The lowest BCUT2D eigenvalue weighted by Crippen LogP contribution is -2.17. The van der Waals surface area contributed by atoms with Gasteiger partial charge in [0.05, 0.1) is 16.7 Å². The van der Waals surface area contributed by atoms with Crippen LogP contribution in [0.3, 0.4) is 0 Å². The highest BCUT2D eigenvalue weighted by Crippen LogP contribution is 2.56. The van der Waals surface area contributed by atoms with Crippen molar-refractivity contribution in [3.63, 3.8) is 0 Å². The summed E-state index contributed by atoms with van der Waals surface area (Å²) in [6, 6.07) is 42.6. The van der Waals surface area contributed by atoms with Gasteiger partial charge in [0.25, 0.3) is 0 Å². The van der Waals surface area contributed by atoms with Crippen LogP contribution in [0.4, 0.5) is 0 Å². The standard InChI is InChI=1S/C40H28N4/c1-40(2)31-20-12-11-19-29(31)35-27-17-9-10-18-28(27)36-30-24-41-22-21-33(30)44(38(36)37(35)40)34-23-32(25-13-5-3-6-14-25)42-39(43-34)26-15-7-4-8-16-26/h3-24H,1-2H3. The molecule has 3 aromatic heterocycles. The molecule has 0 radical (unpaired) electrons. The van der Waals surface area contributed by atoms with E-state index in [1.807, 2.05) is 36.7 Å². The molecule has 1 aliphatic rings. The number of rotatable bonds is 3. The van der Waals surface area contributed by atoms with Crippen molar-refractivity contribution in [2.75, 3.05) is 0 Å². The number of benzene rings is 5. The summed E-state index contributed by atoms with van der Waals surface area (Å²) < 4.78 is 2.37. The third-order valence-corrected chi connectivity index (χ3v) is 9.26. The van der Waals surface area contributed by atoms with Crippen LogP contribution in [0.1, 0.15) is 25.0 Å². The normalized spacial score (nSPS) is 13.4. The van der Waals surface area contributed by atoms with Gasteiger partial charge in [-0.1, -0.05) is 123 Å². The molecular formula is C40H28N4. The Balaban J connectivity index is 1.49. The summed E-state index contributed by atoms with van der Waals surface area (Å²) in [6.07, 6.45) is 3.90. The molecule has 3 heterocycles. The lowest BCUT2D eigenvalue weighted by molar-refractivity contribution is 0.664. The number of fused-ring (bicyclic) bond motifs is 10. The van der Waals surface area contributed by atoms with Crippen LogP contribution in [-0.4, -0.2) is 19.5 Å². The van der Waals surface area contributed by atoms with Crippen LogP contribution in [0.25, 0.3) is 72.2 Å². The SMILES string of the molecule is CC1(C)c2ccccc2-c2c1c1c(c3ccccc23)c2cnccc2n1-c1cc(-c2ccccc2)nc(-c2ccccc2)n1. The first-order chi connectivity index (χ1) is 21.6. The molecule has 5 aromatic carbocycles. The molecule has 0 bridgehead atoms. The summed E-state index contributed by atoms with van der Waals surface area (Å²) in [5.74, 6) is 1.54. The number of pyridine rings is 1. The Kier molecular flexibility index (Phi) is 5.21. The zero-order chi connectivity index (χ0) is 29.4. The van der Waals surface area contributed by atoms with E-state index in [1.165, 1.54) is 43.9 Å². The lowest BCUT2D eigenvalue weighted by Gasteiger charge is -2.24. The largest absolute Gasteiger partial charge is 0.293 e. The summed E-state index contributed by atoms with van der Waals surface area (Å²) in [6.45, 7) is 4.72. The molecule has 0 saturated carbocycles. The number of hydrogen-bond acceptors (Lipinski definition) is 3. The highest BCUT2D eigenvalue weighted by molar-refractivity contribution is 6.26. The van der Waals surface area contributed by atoms with Gasteiger partial charge in [-0.05, 0) is 39.1 Å². The van der Waals surface area contributed by atoms with E-state index >= 15 is 0 Å². The Morgan fingerprint density at radius 1 is 0.636 bits per heavy atom. The fraction of sp³-hybridized carbons (Fsp3) is 0.0750. The minimum atomic E-state index is -0.231. The first-order valence-electron chi connectivity index (χ1n) is 15.0. The van der Waals surface area contributed by atoms with E-state index in [2.05, 4.69) is 120 Å². The Hall–Kier alpha value is -5.61. The van der Waals surface area contributed by atoms with Crippen molar-refractivity contribution in [1.29, 1.82) is 0 Å². The average molecular weight is 565 g/mol. The van der Waals surface area contributed by atoms with E-state index in [9.17, 15) is 0 Å². The van der Waals surface area contributed by atoms with E-state index in [0.29, 0.717) is 5.82 Å². The van der Waals surface area contributed by atoms with Crippen LogP contribution < -0.4 is 0 Å². The van der Waals surface area contributed by atoms with Gasteiger partial charge in [0.2, 0.25) is 0 Å². The quantitative estimate of drug-likeness (QED) is 0.215. The zero-order valence-electron chi connectivity index (χ0n) is 24.5. The highest BCUT2D eigenvalue weighted by Gasteiger charge is 2.40. The molecule has 208 valence electrons. The fourth-order valence-corrected chi connectivity index (χ4v) is 7.35. The molecule has 0 saturated heterocycles. The molecule has 1 aliphatic carbocycles. The maximum atomic E-state index is 5.31. The van der Waals surface area contributed by atoms with Crippen LogP contribution >= 0.6 is 0 Å². The number of nitrogens with zero attached hydrogens (tertiary/aromatic N) is 4. The van der Waals surface area contributed by atoms with Gasteiger partial charge < -0.3 is 0 Å². The molecule has 0 fully saturated rings. The minimum Gasteiger partial charge on any atom is -0.293 e. The predicted molar refractivity (Wildman–Crippen MR) is 180 cm³/mol. The molecule has 0 unspecified atom stereocenters. The van der Waals surface area contributed by atoms with E-state index in [-0.39, 0.29) is 5.41 Å². The van der Waals surface area contributed by atoms with Crippen LogP contribution in [0.5, 0.6) is 0 Å². The van der Waals surface area contributed by atoms with Crippen molar-refractivity contribution in [1.82, 2.24) is 19.5 Å². The summed E-state index contributed by atoms with van der Waals surface area (Å²) in [7, 11) is 0. The molecule has 0 atom stereocenters. The number of hydrogen-bond donors (Lipinski definition) is 0. The van der Waals surface area contributed by atoms with Crippen LogP contribution in [-0.2, 0) is 5.41 Å². The molecule has 0 spiro atoms. The lowest BCUT2D eigenvalue weighted by atomic mass is 9.80. The van der Waals surface area contributed by atoms with Gasteiger partial charge in [-0.15, -0.1) is 0 Å². The summed E-state index contributed by atoms with van der Waals surface area (Å²) in [5, 5.41) is 4.83. The maximum absolute atomic E-state index is 5.31. The van der Waals surface area contributed by atoms with Gasteiger partial charge in [-0.25, -0.2) is 9.97 Å². The van der Waals surface area contributed by atoms with E-state index in [4.69, 9.17) is 9.97 Å². The molecule has 4 heteroatoms. The molecule has 0 amide bonds. The smallest absolute Gasteiger partial charge is 0.162 e. The van der Waals surface area contributed by atoms with Gasteiger partial charge >= 0.3 is 0 Å². The molecular weight excluding hydrogens is 536 g/mol. The third-order valence-electron chi connectivity index (χ3n) is 9.26. The van der Waals surface area contributed by atoms with Gasteiger partial charge in [0, 0.05) is 45.8 Å². The molecule has 0 N–H and O–H groups in total. The van der Waals surface area contributed by atoms with Gasteiger partial charge in [0.15, 0.2) is 5.82 Å². The molecule has 9 rings (SSSR count).